The van der Waals surface area contributed by atoms with Gasteiger partial charge in [-0.15, -0.1) is 0 Å². The Morgan fingerprint density at radius 2 is 1.93 bits per heavy atom. The monoisotopic (exact) mass is 395 g/mol. The van der Waals surface area contributed by atoms with Crippen molar-refractivity contribution in [3.05, 3.63) is 54.2 Å². The fourth-order valence-corrected chi connectivity index (χ4v) is 3.86. The van der Waals surface area contributed by atoms with E-state index >= 15 is 0 Å². The van der Waals surface area contributed by atoms with Gasteiger partial charge in [0, 0.05) is 36.3 Å². The minimum absolute atomic E-state index is 0.110. The third kappa shape index (κ3) is 3.45. The zero-order valence-electron chi connectivity index (χ0n) is 16.0. The second-order valence-corrected chi connectivity index (χ2v) is 7.34. The number of amides is 1. The number of nitrogens with zero attached hydrogens (tertiary/aromatic N) is 3. The highest BCUT2D eigenvalue weighted by Crippen LogP contribution is 2.28. The number of carbonyl (C=O) groups is 1. The summed E-state index contributed by atoms with van der Waals surface area (Å²) in [5.74, 6) is 1.19. The molecule has 3 aromatic rings. The van der Waals surface area contributed by atoms with E-state index in [1.54, 1.807) is 18.0 Å². The quantitative estimate of drug-likeness (QED) is 0.672. The highest BCUT2D eigenvalue weighted by Gasteiger charge is 2.40. The second kappa shape index (κ2) is 7.46. The number of hydrogen-bond donors (Lipinski definition) is 0. The summed E-state index contributed by atoms with van der Waals surface area (Å²) in [6, 6.07) is 7.83. The van der Waals surface area contributed by atoms with Gasteiger partial charge in [0.05, 0.1) is 19.4 Å². The van der Waals surface area contributed by atoms with Crippen LogP contribution in [0, 0.1) is 6.92 Å². The molecule has 8 nitrogen and oxygen atoms in total. The maximum atomic E-state index is 12.7. The van der Waals surface area contributed by atoms with Gasteiger partial charge in [0.1, 0.15) is 35.4 Å². The van der Waals surface area contributed by atoms with Crippen LogP contribution in [0.15, 0.2) is 47.4 Å². The maximum absolute atomic E-state index is 12.7. The molecule has 8 heteroatoms. The summed E-state index contributed by atoms with van der Waals surface area (Å²) in [7, 11) is 0. The van der Waals surface area contributed by atoms with Crippen LogP contribution < -0.4 is 4.74 Å². The third-order valence-corrected chi connectivity index (χ3v) is 5.41. The van der Waals surface area contributed by atoms with Gasteiger partial charge >= 0.3 is 0 Å². The van der Waals surface area contributed by atoms with E-state index in [9.17, 15) is 4.79 Å². The number of rotatable bonds is 3. The molecule has 4 heterocycles. The summed E-state index contributed by atoms with van der Waals surface area (Å²) in [6.45, 7) is 3.47. The predicted octanol–water partition coefficient (Wildman–Crippen LogP) is 2.22. The molecule has 2 fully saturated rings. The number of carbonyl (C=O) groups excluding carboxylic acids is 1. The fourth-order valence-electron chi connectivity index (χ4n) is 3.86. The van der Waals surface area contributed by atoms with Crippen LogP contribution in [-0.2, 0) is 9.47 Å². The van der Waals surface area contributed by atoms with Crippen molar-refractivity contribution in [2.24, 2.45) is 0 Å². The lowest BCUT2D eigenvalue weighted by molar-refractivity contribution is -0.00461. The van der Waals surface area contributed by atoms with Gasteiger partial charge in [-0.3, -0.25) is 9.78 Å². The third-order valence-electron chi connectivity index (χ3n) is 5.41. The summed E-state index contributed by atoms with van der Waals surface area (Å²) >= 11 is 0. The predicted molar refractivity (Wildman–Crippen MR) is 103 cm³/mol. The Balaban J connectivity index is 1.24. The van der Waals surface area contributed by atoms with Crippen LogP contribution in [0.3, 0.4) is 0 Å². The lowest BCUT2D eigenvalue weighted by Gasteiger charge is -2.20. The van der Waals surface area contributed by atoms with E-state index in [0.717, 1.165) is 16.5 Å². The van der Waals surface area contributed by atoms with Gasteiger partial charge in [-0.1, -0.05) is 17.3 Å². The first-order valence-electron chi connectivity index (χ1n) is 9.62. The normalized spacial score (nSPS) is 22.4. The molecule has 0 N–H and O–H groups in total. The summed E-state index contributed by atoms with van der Waals surface area (Å²) in [5.41, 5.74) is 0.480. The van der Waals surface area contributed by atoms with Gasteiger partial charge < -0.3 is 23.6 Å². The van der Waals surface area contributed by atoms with Crippen molar-refractivity contribution < 1.29 is 23.5 Å². The van der Waals surface area contributed by atoms with Gasteiger partial charge in [-0.25, -0.2) is 0 Å². The van der Waals surface area contributed by atoms with E-state index < -0.39 is 0 Å². The Labute approximate surface area is 167 Å². The largest absolute Gasteiger partial charge is 0.485 e. The average molecular weight is 395 g/mol. The number of fused-ring (bicyclic) bond motifs is 2. The molecule has 2 aromatic heterocycles. The van der Waals surface area contributed by atoms with Crippen molar-refractivity contribution in [3.8, 4) is 5.75 Å². The van der Waals surface area contributed by atoms with E-state index in [0.29, 0.717) is 37.6 Å². The Hall–Kier alpha value is -2.97. The van der Waals surface area contributed by atoms with Crippen LogP contribution in [-0.4, -0.2) is 65.6 Å². The van der Waals surface area contributed by atoms with Crippen molar-refractivity contribution in [2.75, 3.05) is 26.3 Å². The first-order valence-corrected chi connectivity index (χ1v) is 9.62. The molecular weight excluding hydrogens is 374 g/mol. The van der Waals surface area contributed by atoms with E-state index in [1.165, 1.54) is 6.20 Å². The van der Waals surface area contributed by atoms with E-state index in [2.05, 4.69) is 10.1 Å². The molecule has 1 aromatic carbocycles. The second-order valence-electron chi connectivity index (χ2n) is 7.34. The van der Waals surface area contributed by atoms with Crippen molar-refractivity contribution in [2.45, 2.75) is 25.2 Å². The molecule has 1 amide bonds. The van der Waals surface area contributed by atoms with E-state index in [-0.39, 0.29) is 24.2 Å². The summed E-state index contributed by atoms with van der Waals surface area (Å²) < 4.78 is 23.3. The molecule has 2 atom stereocenters. The number of aromatic nitrogens is 2. The molecule has 2 saturated heterocycles. The molecule has 0 saturated carbocycles. The number of benzene rings is 1. The van der Waals surface area contributed by atoms with Crippen LogP contribution in [0.2, 0.25) is 0 Å². The van der Waals surface area contributed by atoms with E-state index in [1.807, 2.05) is 30.5 Å². The topological polar surface area (TPSA) is 86.9 Å². The van der Waals surface area contributed by atoms with Gasteiger partial charge in [0.25, 0.3) is 5.91 Å². The first kappa shape index (κ1) is 18.1. The highest BCUT2D eigenvalue weighted by molar-refractivity contribution is 5.95. The maximum Gasteiger partial charge on any atom is 0.259 e. The molecular formula is C21H21N3O5. The van der Waals surface area contributed by atoms with Crippen molar-refractivity contribution in [1.29, 1.82) is 0 Å². The highest BCUT2D eigenvalue weighted by atomic mass is 16.6. The van der Waals surface area contributed by atoms with Gasteiger partial charge in [-0.05, 0) is 19.1 Å². The summed E-state index contributed by atoms with van der Waals surface area (Å²) in [5, 5.41) is 5.72. The lowest BCUT2D eigenvalue weighted by Crippen LogP contribution is -2.33. The molecule has 150 valence electrons. The lowest BCUT2D eigenvalue weighted by atomic mass is 10.1. The van der Waals surface area contributed by atoms with E-state index in [4.69, 9.17) is 18.7 Å². The van der Waals surface area contributed by atoms with Gasteiger partial charge in [-0.2, -0.15) is 0 Å². The van der Waals surface area contributed by atoms with Crippen molar-refractivity contribution in [1.82, 2.24) is 15.0 Å². The fraction of sp³-hybridized carbons (Fsp3) is 0.381. The molecule has 0 unspecified atom stereocenters. The number of ether oxygens (including phenoxy) is 3. The number of likely N-dealkylation sites (tertiary alicyclic amines) is 1. The number of aryl methyl sites for hydroxylation is 1. The van der Waals surface area contributed by atoms with Crippen LogP contribution >= 0.6 is 0 Å². The molecule has 0 radical (unpaired) electrons. The van der Waals surface area contributed by atoms with Crippen LogP contribution in [0.5, 0.6) is 5.75 Å². The first-order chi connectivity index (χ1) is 14.2. The SMILES string of the molecule is Cc1oncc1C(=O)N1C[C@@H]2OCC(Oc3cccc4cnccc34)CO[C@H]2C1. The molecule has 0 aliphatic carbocycles. The number of hydrogen-bond acceptors (Lipinski definition) is 7. The van der Waals surface area contributed by atoms with Crippen LogP contribution in [0.4, 0.5) is 0 Å². The zero-order chi connectivity index (χ0) is 19.8. The molecule has 5 rings (SSSR count). The van der Waals surface area contributed by atoms with Crippen molar-refractivity contribution in [3.63, 3.8) is 0 Å². The minimum atomic E-state index is -0.219. The Kier molecular flexibility index (Phi) is 4.65. The molecule has 2 aliphatic rings. The van der Waals surface area contributed by atoms with Crippen LogP contribution in [0.25, 0.3) is 10.8 Å². The Morgan fingerprint density at radius 3 is 2.66 bits per heavy atom. The standard InChI is InChI=1S/C21H21N3O5/c1-13-17(8-23-29-13)21(25)24-9-19-20(10-24)27-12-15(11-26-19)28-18-4-2-3-14-7-22-6-5-16(14)18/h2-8,15,19-20H,9-12H2,1H3/t19-,20-/m0/s1. The summed E-state index contributed by atoms with van der Waals surface area (Å²) in [4.78, 5) is 18.6. The smallest absolute Gasteiger partial charge is 0.259 e. The molecule has 0 spiro atoms. The molecule has 2 aliphatic heterocycles. The van der Waals surface area contributed by atoms with Crippen LogP contribution in [0.1, 0.15) is 16.1 Å². The van der Waals surface area contributed by atoms with Gasteiger partial charge in [0.15, 0.2) is 0 Å². The molecule has 0 bridgehead atoms. The zero-order valence-corrected chi connectivity index (χ0v) is 16.0. The summed E-state index contributed by atoms with van der Waals surface area (Å²) in [6.07, 6.45) is 4.45. The Morgan fingerprint density at radius 1 is 1.14 bits per heavy atom. The minimum Gasteiger partial charge on any atom is -0.485 e. The Bertz CT molecular complexity index is 1010. The number of pyridine rings is 1. The average Bonchev–Trinajstić information content (AvgIpc) is 3.31. The van der Waals surface area contributed by atoms with Gasteiger partial charge in [0.2, 0.25) is 0 Å². The van der Waals surface area contributed by atoms with Crippen molar-refractivity contribution >= 4 is 16.7 Å². The molecule has 29 heavy (non-hydrogen) atoms.